The number of aromatic nitrogens is 3. The Morgan fingerprint density at radius 2 is 1.97 bits per heavy atom. The highest BCUT2D eigenvalue weighted by molar-refractivity contribution is 5.78. The van der Waals surface area contributed by atoms with E-state index in [0.29, 0.717) is 24.5 Å². The lowest BCUT2D eigenvalue weighted by Crippen LogP contribution is -2.36. The molecule has 34 heavy (non-hydrogen) atoms. The van der Waals surface area contributed by atoms with Crippen molar-refractivity contribution >= 4 is 11.6 Å². The smallest absolute Gasteiger partial charge is 0.249 e. The van der Waals surface area contributed by atoms with Gasteiger partial charge in [-0.3, -0.25) is 9.63 Å². The number of hydrogen-bond acceptors (Lipinski definition) is 5. The molecule has 3 heterocycles. The standard InChI is InChI=1S/C26H28FN5O2/c1-16-9-20(15-31-25(16)29-17(2)30-31)10-18-3-5-21(6-4-18)26(33)32-24(7-8-34-32)22-11-19(14-28)12-23(27)13-22/h9,11-13,15,18,21,24H,3-8,10H2,1-2H3/t18-,21-,24-/m0/s1. The summed E-state index contributed by atoms with van der Waals surface area (Å²) in [6.07, 6.45) is 7.19. The number of rotatable bonds is 4. The van der Waals surface area contributed by atoms with Crippen molar-refractivity contribution in [2.75, 3.05) is 6.61 Å². The van der Waals surface area contributed by atoms with Gasteiger partial charge in [0.2, 0.25) is 5.91 Å². The minimum absolute atomic E-state index is 0.0286. The number of nitriles is 1. The minimum Gasteiger partial charge on any atom is -0.272 e. The fraction of sp³-hybridized carbons (Fsp3) is 0.462. The molecule has 2 aliphatic rings. The predicted molar refractivity (Wildman–Crippen MR) is 123 cm³/mol. The number of hydroxylamine groups is 2. The lowest BCUT2D eigenvalue weighted by molar-refractivity contribution is -0.183. The zero-order valence-corrected chi connectivity index (χ0v) is 19.5. The van der Waals surface area contributed by atoms with Crippen LogP contribution in [0.5, 0.6) is 0 Å². The third-order valence-corrected chi connectivity index (χ3v) is 7.06. The van der Waals surface area contributed by atoms with Crippen LogP contribution in [0.15, 0.2) is 30.5 Å². The first kappa shape index (κ1) is 22.5. The molecular weight excluding hydrogens is 433 g/mol. The number of hydrogen-bond donors (Lipinski definition) is 0. The molecule has 1 saturated carbocycles. The molecule has 1 aliphatic carbocycles. The Morgan fingerprint density at radius 1 is 1.18 bits per heavy atom. The molecule has 1 saturated heterocycles. The number of carbonyl (C=O) groups is 1. The monoisotopic (exact) mass is 461 g/mol. The summed E-state index contributed by atoms with van der Waals surface area (Å²) in [5.74, 6) is 0.691. The van der Waals surface area contributed by atoms with Crippen molar-refractivity contribution in [3.05, 3.63) is 64.4 Å². The number of halogens is 1. The van der Waals surface area contributed by atoms with Crippen molar-refractivity contribution < 1.29 is 14.0 Å². The van der Waals surface area contributed by atoms with Crippen LogP contribution in [0, 0.1) is 42.8 Å². The molecule has 8 heteroatoms. The Labute approximate surface area is 198 Å². The maximum atomic E-state index is 14.0. The molecule has 7 nitrogen and oxygen atoms in total. The van der Waals surface area contributed by atoms with Crippen LogP contribution in [0.4, 0.5) is 4.39 Å². The van der Waals surface area contributed by atoms with Crippen LogP contribution in [-0.4, -0.2) is 32.2 Å². The van der Waals surface area contributed by atoms with Crippen LogP contribution in [0.3, 0.4) is 0 Å². The molecule has 1 aromatic carbocycles. The van der Waals surface area contributed by atoms with Crippen LogP contribution < -0.4 is 0 Å². The summed E-state index contributed by atoms with van der Waals surface area (Å²) in [5.41, 5.74) is 4.13. The Hall–Kier alpha value is -3.31. The minimum atomic E-state index is -0.469. The number of benzene rings is 1. The second kappa shape index (κ2) is 9.15. The molecule has 5 rings (SSSR count). The number of nitrogens with zero attached hydrogens (tertiary/aromatic N) is 5. The summed E-state index contributed by atoms with van der Waals surface area (Å²) in [6, 6.07) is 8.07. The molecule has 1 aliphatic heterocycles. The molecule has 176 valence electrons. The van der Waals surface area contributed by atoms with E-state index in [1.54, 1.807) is 6.07 Å². The molecular formula is C26H28FN5O2. The van der Waals surface area contributed by atoms with Gasteiger partial charge in [-0.2, -0.15) is 10.4 Å². The van der Waals surface area contributed by atoms with Crippen molar-refractivity contribution in [3.8, 4) is 6.07 Å². The molecule has 3 aromatic rings. The Morgan fingerprint density at radius 3 is 2.74 bits per heavy atom. The average Bonchev–Trinajstić information content (AvgIpc) is 3.45. The second-order valence-corrected chi connectivity index (χ2v) is 9.57. The van der Waals surface area contributed by atoms with Gasteiger partial charge in [0, 0.05) is 18.5 Å². The third-order valence-electron chi connectivity index (χ3n) is 7.06. The van der Waals surface area contributed by atoms with Gasteiger partial charge in [0.25, 0.3) is 0 Å². The Bertz CT molecular complexity index is 1270. The van der Waals surface area contributed by atoms with Gasteiger partial charge < -0.3 is 0 Å². The molecule has 0 radical (unpaired) electrons. The first-order valence-electron chi connectivity index (χ1n) is 11.9. The molecule has 1 atom stereocenters. The largest absolute Gasteiger partial charge is 0.272 e. The van der Waals surface area contributed by atoms with Crippen LogP contribution in [0.2, 0.25) is 0 Å². The summed E-state index contributed by atoms with van der Waals surface area (Å²) in [6.45, 7) is 4.37. The lowest BCUT2D eigenvalue weighted by atomic mass is 9.79. The zero-order chi connectivity index (χ0) is 23.8. The normalized spacial score (nSPS) is 22.8. The van der Waals surface area contributed by atoms with E-state index in [2.05, 4.69) is 29.3 Å². The molecule has 2 aromatic heterocycles. The highest BCUT2D eigenvalue weighted by Gasteiger charge is 2.37. The summed E-state index contributed by atoms with van der Waals surface area (Å²) in [5, 5.41) is 15.1. The number of carbonyl (C=O) groups excluding carboxylic acids is 1. The predicted octanol–water partition coefficient (Wildman–Crippen LogP) is 4.61. The van der Waals surface area contributed by atoms with Crippen LogP contribution in [-0.2, 0) is 16.1 Å². The van der Waals surface area contributed by atoms with Gasteiger partial charge in [-0.25, -0.2) is 19.0 Å². The molecule has 0 bridgehead atoms. The van der Waals surface area contributed by atoms with Gasteiger partial charge in [0.1, 0.15) is 11.6 Å². The van der Waals surface area contributed by atoms with Crippen molar-refractivity contribution in [1.82, 2.24) is 19.7 Å². The van der Waals surface area contributed by atoms with Crippen LogP contribution >= 0.6 is 0 Å². The van der Waals surface area contributed by atoms with Crippen LogP contribution in [0.1, 0.15) is 66.2 Å². The fourth-order valence-corrected chi connectivity index (χ4v) is 5.42. The molecule has 0 spiro atoms. The maximum absolute atomic E-state index is 14.0. The summed E-state index contributed by atoms with van der Waals surface area (Å²) >= 11 is 0. The number of aryl methyl sites for hydroxylation is 2. The van der Waals surface area contributed by atoms with E-state index in [9.17, 15) is 14.4 Å². The van der Waals surface area contributed by atoms with Gasteiger partial charge in [0.15, 0.2) is 5.65 Å². The van der Waals surface area contributed by atoms with Gasteiger partial charge in [-0.05, 0) is 86.8 Å². The lowest BCUT2D eigenvalue weighted by Gasteiger charge is -2.32. The molecule has 1 amide bonds. The van der Waals surface area contributed by atoms with E-state index in [-0.39, 0.29) is 23.4 Å². The van der Waals surface area contributed by atoms with E-state index in [1.165, 1.54) is 22.8 Å². The number of amides is 1. The van der Waals surface area contributed by atoms with Crippen molar-refractivity contribution in [2.45, 2.75) is 58.4 Å². The van der Waals surface area contributed by atoms with Gasteiger partial charge >= 0.3 is 0 Å². The fourth-order valence-electron chi connectivity index (χ4n) is 5.42. The van der Waals surface area contributed by atoms with Crippen molar-refractivity contribution in [1.29, 1.82) is 5.26 Å². The second-order valence-electron chi connectivity index (χ2n) is 9.57. The van der Waals surface area contributed by atoms with E-state index in [4.69, 9.17) is 4.84 Å². The molecule has 0 unspecified atom stereocenters. The highest BCUT2D eigenvalue weighted by atomic mass is 19.1. The molecule has 2 fully saturated rings. The first-order chi connectivity index (χ1) is 16.4. The third kappa shape index (κ3) is 4.40. The van der Waals surface area contributed by atoms with Crippen molar-refractivity contribution in [2.24, 2.45) is 11.8 Å². The van der Waals surface area contributed by atoms with Crippen molar-refractivity contribution in [3.63, 3.8) is 0 Å². The topological polar surface area (TPSA) is 83.5 Å². The van der Waals surface area contributed by atoms with Crippen LogP contribution in [0.25, 0.3) is 5.65 Å². The summed E-state index contributed by atoms with van der Waals surface area (Å²) < 4.78 is 15.8. The number of pyridine rings is 1. The SMILES string of the molecule is Cc1nc2c(C)cc(C[C@H]3CC[C@H](C(=O)N4OCC[C@H]4c4cc(F)cc(C#N)c4)CC3)cn2n1. The summed E-state index contributed by atoms with van der Waals surface area (Å²) in [4.78, 5) is 23.5. The van der Waals surface area contributed by atoms with Gasteiger partial charge in [0.05, 0.1) is 24.3 Å². The molecule has 0 N–H and O–H groups in total. The Balaban J connectivity index is 1.23. The zero-order valence-electron chi connectivity index (χ0n) is 19.5. The van der Waals surface area contributed by atoms with E-state index in [1.807, 2.05) is 17.5 Å². The van der Waals surface area contributed by atoms with Gasteiger partial charge in [-0.1, -0.05) is 6.07 Å². The summed E-state index contributed by atoms with van der Waals surface area (Å²) in [7, 11) is 0. The average molecular weight is 462 g/mol. The maximum Gasteiger partial charge on any atom is 0.249 e. The Kier molecular flexibility index (Phi) is 6.05. The van der Waals surface area contributed by atoms with Gasteiger partial charge in [-0.15, -0.1) is 0 Å². The number of fused-ring (bicyclic) bond motifs is 1. The highest BCUT2D eigenvalue weighted by Crippen LogP contribution is 2.37. The quantitative estimate of drug-likeness (QED) is 0.567. The van der Waals surface area contributed by atoms with E-state index >= 15 is 0 Å². The van der Waals surface area contributed by atoms with E-state index < -0.39 is 5.82 Å². The van der Waals surface area contributed by atoms with E-state index in [0.717, 1.165) is 49.1 Å². The first-order valence-corrected chi connectivity index (χ1v) is 11.9.